The maximum Gasteiger partial charge on any atom is 0.156 e. The highest BCUT2D eigenvalue weighted by molar-refractivity contribution is 5.75. The molecule has 1 unspecified atom stereocenters. The van der Waals surface area contributed by atoms with Gasteiger partial charge in [-0.2, -0.15) is 10.2 Å². The van der Waals surface area contributed by atoms with Crippen LogP contribution in [0.1, 0.15) is 24.5 Å². The normalized spacial score (nSPS) is 22.0. The molecule has 3 rings (SSSR count). The van der Waals surface area contributed by atoms with Crippen molar-refractivity contribution >= 4 is 11.0 Å². The van der Waals surface area contributed by atoms with Crippen LogP contribution in [-0.2, 0) is 0 Å². The molecule has 3 heterocycles. The number of fused-ring (bicyclic) bond motifs is 1. The summed E-state index contributed by atoms with van der Waals surface area (Å²) < 4.78 is 5.76. The number of furan rings is 1. The Bertz CT molecular complexity index is 427. The Labute approximate surface area is 87.7 Å². The predicted octanol–water partition coefficient (Wildman–Crippen LogP) is 1.69. The Kier molecular flexibility index (Phi) is 2.14. The largest absolute Gasteiger partial charge is 0.459 e. The van der Waals surface area contributed by atoms with Crippen LogP contribution in [0.5, 0.6) is 0 Å². The van der Waals surface area contributed by atoms with Crippen LogP contribution in [0, 0.1) is 0 Å². The smallest absolute Gasteiger partial charge is 0.156 e. The first-order chi connectivity index (χ1) is 7.43. The van der Waals surface area contributed by atoms with Gasteiger partial charge in [0.15, 0.2) is 5.58 Å². The molecule has 0 saturated carbocycles. The van der Waals surface area contributed by atoms with E-state index < -0.39 is 0 Å². The van der Waals surface area contributed by atoms with Gasteiger partial charge in [-0.15, -0.1) is 0 Å². The lowest BCUT2D eigenvalue weighted by molar-refractivity contribution is 0.399. The van der Waals surface area contributed by atoms with E-state index in [0.29, 0.717) is 5.92 Å². The summed E-state index contributed by atoms with van der Waals surface area (Å²) in [6.07, 6.45) is 5.85. The summed E-state index contributed by atoms with van der Waals surface area (Å²) in [6.45, 7) is 2.14. The monoisotopic (exact) mass is 203 g/mol. The Morgan fingerprint density at radius 1 is 1.33 bits per heavy atom. The molecule has 4 heteroatoms. The minimum atomic E-state index is 0.506. The summed E-state index contributed by atoms with van der Waals surface area (Å²) in [5.74, 6) is 1.57. The number of nitrogens with one attached hydrogen (secondary N) is 1. The highest BCUT2D eigenvalue weighted by Crippen LogP contribution is 2.28. The van der Waals surface area contributed by atoms with Crippen molar-refractivity contribution in [3.05, 3.63) is 24.2 Å². The van der Waals surface area contributed by atoms with Crippen LogP contribution in [0.25, 0.3) is 11.0 Å². The fourth-order valence-corrected chi connectivity index (χ4v) is 2.12. The first-order valence-electron chi connectivity index (χ1n) is 5.34. The quantitative estimate of drug-likeness (QED) is 0.766. The van der Waals surface area contributed by atoms with Gasteiger partial charge in [-0.25, -0.2) is 0 Å². The standard InChI is InChI=1S/C11H13N3O/c1-2-8(5-12-3-1)10-4-9-6-13-14-7-11(9)15-10/h4,6-8,12H,1-3,5H2. The van der Waals surface area contributed by atoms with Crippen molar-refractivity contribution < 1.29 is 4.42 Å². The molecule has 1 N–H and O–H groups in total. The van der Waals surface area contributed by atoms with Gasteiger partial charge in [0.05, 0.1) is 12.4 Å². The summed E-state index contributed by atoms with van der Waals surface area (Å²) in [5, 5.41) is 12.1. The summed E-state index contributed by atoms with van der Waals surface area (Å²) in [6, 6.07) is 2.08. The van der Waals surface area contributed by atoms with Crippen LogP contribution in [0.4, 0.5) is 0 Å². The maximum atomic E-state index is 5.76. The van der Waals surface area contributed by atoms with Crippen molar-refractivity contribution in [2.24, 2.45) is 0 Å². The van der Waals surface area contributed by atoms with Crippen LogP contribution in [-0.4, -0.2) is 23.3 Å². The summed E-state index contributed by atoms with van der Waals surface area (Å²) in [7, 11) is 0. The molecule has 2 aromatic heterocycles. The van der Waals surface area contributed by atoms with Gasteiger partial charge in [0, 0.05) is 17.8 Å². The molecule has 1 fully saturated rings. The Hall–Kier alpha value is -1.42. The van der Waals surface area contributed by atoms with Gasteiger partial charge in [0.25, 0.3) is 0 Å². The molecule has 1 aliphatic heterocycles. The maximum absolute atomic E-state index is 5.76. The van der Waals surface area contributed by atoms with Crippen molar-refractivity contribution in [2.45, 2.75) is 18.8 Å². The lowest BCUT2D eigenvalue weighted by Gasteiger charge is -2.20. The SMILES string of the molecule is c1nncc2oc(C3CCCNC3)cc12. The molecular weight excluding hydrogens is 190 g/mol. The highest BCUT2D eigenvalue weighted by atomic mass is 16.3. The van der Waals surface area contributed by atoms with E-state index in [2.05, 4.69) is 21.6 Å². The van der Waals surface area contributed by atoms with E-state index in [1.807, 2.05) is 0 Å². The average molecular weight is 203 g/mol. The first-order valence-corrected chi connectivity index (χ1v) is 5.34. The Morgan fingerprint density at radius 3 is 3.07 bits per heavy atom. The van der Waals surface area contributed by atoms with Gasteiger partial charge in [0.2, 0.25) is 0 Å². The van der Waals surface area contributed by atoms with Crippen molar-refractivity contribution in [1.29, 1.82) is 0 Å². The van der Waals surface area contributed by atoms with E-state index in [9.17, 15) is 0 Å². The van der Waals surface area contributed by atoms with E-state index in [0.717, 1.165) is 29.8 Å². The number of hydrogen-bond acceptors (Lipinski definition) is 4. The number of piperidine rings is 1. The first kappa shape index (κ1) is 8.85. The Balaban J connectivity index is 1.96. The minimum absolute atomic E-state index is 0.506. The van der Waals surface area contributed by atoms with Crippen molar-refractivity contribution in [1.82, 2.24) is 15.5 Å². The number of nitrogens with zero attached hydrogens (tertiary/aromatic N) is 2. The molecular formula is C11H13N3O. The van der Waals surface area contributed by atoms with Crippen LogP contribution in [0.15, 0.2) is 22.9 Å². The van der Waals surface area contributed by atoms with Gasteiger partial charge < -0.3 is 9.73 Å². The molecule has 0 bridgehead atoms. The van der Waals surface area contributed by atoms with Crippen LogP contribution >= 0.6 is 0 Å². The second kappa shape index (κ2) is 3.62. The molecule has 0 spiro atoms. The fourth-order valence-electron chi connectivity index (χ4n) is 2.12. The molecule has 2 aromatic rings. The second-order valence-electron chi connectivity index (χ2n) is 4.00. The van der Waals surface area contributed by atoms with E-state index in [1.54, 1.807) is 12.4 Å². The molecule has 1 atom stereocenters. The third-order valence-electron chi connectivity index (χ3n) is 2.95. The molecule has 1 saturated heterocycles. The van der Waals surface area contributed by atoms with E-state index in [1.165, 1.54) is 12.8 Å². The average Bonchev–Trinajstić information content (AvgIpc) is 2.74. The van der Waals surface area contributed by atoms with Gasteiger partial charge in [-0.05, 0) is 25.5 Å². The van der Waals surface area contributed by atoms with Crippen molar-refractivity contribution in [3.63, 3.8) is 0 Å². The second-order valence-corrected chi connectivity index (χ2v) is 4.00. The zero-order valence-electron chi connectivity index (χ0n) is 8.44. The fraction of sp³-hybridized carbons (Fsp3) is 0.455. The lowest BCUT2D eigenvalue weighted by Crippen LogP contribution is -2.28. The predicted molar refractivity (Wildman–Crippen MR) is 56.6 cm³/mol. The van der Waals surface area contributed by atoms with Gasteiger partial charge in [-0.1, -0.05) is 0 Å². The van der Waals surface area contributed by atoms with Crippen LogP contribution in [0.2, 0.25) is 0 Å². The topological polar surface area (TPSA) is 51.0 Å². The zero-order valence-corrected chi connectivity index (χ0v) is 8.44. The summed E-state index contributed by atoms with van der Waals surface area (Å²) in [4.78, 5) is 0. The van der Waals surface area contributed by atoms with Gasteiger partial charge >= 0.3 is 0 Å². The third-order valence-corrected chi connectivity index (χ3v) is 2.95. The molecule has 0 radical (unpaired) electrons. The summed E-state index contributed by atoms with van der Waals surface area (Å²) >= 11 is 0. The van der Waals surface area contributed by atoms with E-state index in [4.69, 9.17) is 4.42 Å². The van der Waals surface area contributed by atoms with Crippen molar-refractivity contribution in [3.8, 4) is 0 Å². The minimum Gasteiger partial charge on any atom is -0.459 e. The Morgan fingerprint density at radius 2 is 2.27 bits per heavy atom. The van der Waals surface area contributed by atoms with Crippen LogP contribution < -0.4 is 5.32 Å². The molecule has 78 valence electrons. The molecule has 4 nitrogen and oxygen atoms in total. The van der Waals surface area contributed by atoms with Gasteiger partial charge in [0.1, 0.15) is 5.76 Å². The molecule has 0 amide bonds. The third kappa shape index (κ3) is 1.61. The lowest BCUT2D eigenvalue weighted by atomic mass is 9.97. The van der Waals surface area contributed by atoms with E-state index in [-0.39, 0.29) is 0 Å². The van der Waals surface area contributed by atoms with E-state index >= 15 is 0 Å². The van der Waals surface area contributed by atoms with Crippen LogP contribution in [0.3, 0.4) is 0 Å². The number of rotatable bonds is 1. The molecule has 0 aromatic carbocycles. The van der Waals surface area contributed by atoms with Gasteiger partial charge in [-0.3, -0.25) is 0 Å². The highest BCUT2D eigenvalue weighted by Gasteiger charge is 2.18. The number of hydrogen-bond donors (Lipinski definition) is 1. The molecule has 0 aliphatic carbocycles. The number of aromatic nitrogens is 2. The molecule has 15 heavy (non-hydrogen) atoms. The summed E-state index contributed by atoms with van der Waals surface area (Å²) in [5.41, 5.74) is 0.838. The zero-order chi connectivity index (χ0) is 10.1. The molecule has 1 aliphatic rings. The van der Waals surface area contributed by atoms with Crippen molar-refractivity contribution in [2.75, 3.05) is 13.1 Å².